The zero-order valence-electron chi connectivity index (χ0n) is 29.0. The molecule has 18 nitrogen and oxygen atoms in total. The van der Waals surface area contributed by atoms with Crippen LogP contribution in [0.2, 0.25) is 0 Å². The third-order valence-corrected chi connectivity index (χ3v) is 7.44. The normalized spacial score (nSPS) is 11.5. The number of carboxylic acids is 3. The molecule has 0 fully saturated rings. The van der Waals surface area contributed by atoms with Crippen LogP contribution in [0, 0.1) is 0 Å². The summed E-state index contributed by atoms with van der Waals surface area (Å²) in [4.78, 5) is 64.1. The minimum absolute atomic E-state index is 0.0469. The molecule has 18 heteroatoms. The van der Waals surface area contributed by atoms with E-state index in [0.29, 0.717) is 26.2 Å². The highest BCUT2D eigenvalue weighted by molar-refractivity contribution is 5.77. The van der Waals surface area contributed by atoms with Crippen LogP contribution in [0.1, 0.15) is 27.7 Å². The number of hydrogen-bond donors (Lipinski definition) is 6. The summed E-state index contributed by atoms with van der Waals surface area (Å²) in [7, 11) is 1.49. The number of hydrogen-bond acceptors (Lipinski definition) is 14. The van der Waals surface area contributed by atoms with E-state index in [2.05, 4.69) is 52.6 Å². The maximum Gasteiger partial charge on any atom is 0.317 e. The van der Waals surface area contributed by atoms with Gasteiger partial charge in [-0.05, 0) is 26.2 Å². The van der Waals surface area contributed by atoms with Gasteiger partial charge in [0.15, 0.2) is 0 Å². The Morgan fingerprint density at radius 3 is 1.09 bits per heavy atom. The van der Waals surface area contributed by atoms with E-state index in [0.717, 1.165) is 52.4 Å². The van der Waals surface area contributed by atoms with Crippen molar-refractivity contribution in [2.75, 3.05) is 138 Å². The van der Waals surface area contributed by atoms with Crippen molar-refractivity contribution in [1.82, 2.24) is 34.7 Å². The van der Waals surface area contributed by atoms with Gasteiger partial charge >= 0.3 is 17.9 Å². The molecule has 0 saturated heterocycles. The maximum absolute atomic E-state index is 11.7. The van der Waals surface area contributed by atoms with Crippen LogP contribution in [-0.2, 0) is 29.0 Å². The van der Waals surface area contributed by atoms with Crippen LogP contribution in [0.25, 0.3) is 0 Å². The third kappa shape index (κ3) is 28.2. The zero-order chi connectivity index (χ0) is 36.0. The smallest absolute Gasteiger partial charge is 0.317 e. The standard InChI is InChI=1S/C15H30N4O9.C14H31N3O2/c1-16-13(20)10-18(3-2-17(6-8-27-25)7-9-28-26)4-5-19(11-14(21)22)12-15(23)24;1-5-15(6-2)9-11-17(13-14(18)19)12-10-16(7-3)8-4/h25-26H,2-12H2,1H3,(H,16,20)(H,21,22)(H,23,24);5-13H2,1-4H3,(H,18,19). The minimum Gasteiger partial charge on any atom is -0.480 e. The topological polar surface area (TPSA) is 219 Å². The van der Waals surface area contributed by atoms with Gasteiger partial charge in [0, 0.05) is 72.5 Å². The SMILES string of the molecule is CCN(CC)CCN(CCN(CC)CC)CC(=O)O.CNC(=O)CN(CCN(CCOO)CCOO)CCN(CC(=O)O)CC(=O)O. The Balaban J connectivity index is 0. The number of carbonyl (C=O) groups is 4. The van der Waals surface area contributed by atoms with E-state index in [1.807, 2.05) is 9.80 Å². The van der Waals surface area contributed by atoms with Crippen molar-refractivity contribution in [2.24, 2.45) is 0 Å². The first-order chi connectivity index (χ1) is 22.4. The molecule has 6 N–H and O–H groups in total. The Morgan fingerprint density at radius 1 is 0.468 bits per heavy atom. The fraction of sp³-hybridized carbons (Fsp3) is 0.862. The summed E-state index contributed by atoms with van der Waals surface area (Å²) in [5, 5.41) is 46.3. The second-order valence-corrected chi connectivity index (χ2v) is 10.7. The Hall–Kier alpha value is -2.52. The van der Waals surface area contributed by atoms with E-state index in [4.69, 9.17) is 25.8 Å². The van der Waals surface area contributed by atoms with E-state index >= 15 is 0 Å². The minimum atomic E-state index is -1.14. The van der Waals surface area contributed by atoms with E-state index < -0.39 is 31.0 Å². The number of nitrogens with zero attached hydrogens (tertiary/aromatic N) is 6. The lowest BCUT2D eigenvalue weighted by Gasteiger charge is -2.28. The predicted molar refractivity (Wildman–Crippen MR) is 175 cm³/mol. The third-order valence-electron chi connectivity index (χ3n) is 7.44. The molecule has 47 heavy (non-hydrogen) atoms. The Labute approximate surface area is 279 Å². The highest BCUT2D eigenvalue weighted by Crippen LogP contribution is 1.98. The molecule has 0 atom stereocenters. The van der Waals surface area contributed by atoms with E-state index in [9.17, 15) is 19.2 Å². The van der Waals surface area contributed by atoms with Gasteiger partial charge in [-0.1, -0.05) is 27.7 Å². The molecule has 0 rings (SSSR count). The lowest BCUT2D eigenvalue weighted by atomic mass is 10.3. The first-order valence-electron chi connectivity index (χ1n) is 16.1. The van der Waals surface area contributed by atoms with Gasteiger partial charge < -0.3 is 30.4 Å². The van der Waals surface area contributed by atoms with Gasteiger partial charge in [-0.2, -0.15) is 0 Å². The number of rotatable bonds is 30. The molecule has 0 bridgehead atoms. The van der Waals surface area contributed by atoms with Gasteiger partial charge in [0.05, 0.1) is 39.4 Å². The molecule has 278 valence electrons. The molecule has 0 aliphatic carbocycles. The molecular formula is C29H61N7O11. The summed E-state index contributed by atoms with van der Waals surface area (Å²) in [6.45, 7) is 17.6. The molecule has 0 unspecified atom stereocenters. The van der Waals surface area contributed by atoms with Gasteiger partial charge in [0.2, 0.25) is 5.91 Å². The van der Waals surface area contributed by atoms with Crippen molar-refractivity contribution in [1.29, 1.82) is 0 Å². The molecule has 0 aliphatic rings. The van der Waals surface area contributed by atoms with Crippen molar-refractivity contribution in [3.63, 3.8) is 0 Å². The summed E-state index contributed by atoms with van der Waals surface area (Å²) >= 11 is 0. The maximum atomic E-state index is 11.7. The summed E-state index contributed by atoms with van der Waals surface area (Å²) in [5.74, 6) is -3.26. The van der Waals surface area contributed by atoms with Crippen molar-refractivity contribution in [2.45, 2.75) is 27.7 Å². The molecule has 0 spiro atoms. The van der Waals surface area contributed by atoms with Gasteiger partial charge in [-0.15, -0.1) is 0 Å². The molecular weight excluding hydrogens is 622 g/mol. The highest BCUT2D eigenvalue weighted by atomic mass is 17.1. The molecule has 0 aliphatic heterocycles. The Morgan fingerprint density at radius 2 is 0.766 bits per heavy atom. The van der Waals surface area contributed by atoms with E-state index in [-0.39, 0.29) is 45.3 Å². The number of nitrogens with one attached hydrogen (secondary N) is 1. The van der Waals surface area contributed by atoms with E-state index in [1.54, 1.807) is 4.90 Å². The van der Waals surface area contributed by atoms with Crippen LogP contribution < -0.4 is 5.32 Å². The fourth-order valence-electron chi connectivity index (χ4n) is 4.50. The molecule has 0 aromatic heterocycles. The van der Waals surface area contributed by atoms with Crippen molar-refractivity contribution in [3.05, 3.63) is 0 Å². The van der Waals surface area contributed by atoms with Crippen LogP contribution in [0.4, 0.5) is 0 Å². The lowest BCUT2D eigenvalue weighted by Crippen LogP contribution is -2.46. The second-order valence-electron chi connectivity index (χ2n) is 10.7. The predicted octanol–water partition coefficient (Wildman–Crippen LogP) is -1.16. The van der Waals surface area contributed by atoms with Crippen molar-refractivity contribution in [3.8, 4) is 0 Å². The Bertz CT molecular complexity index is 781. The Kier molecular flexibility index (Phi) is 30.5. The van der Waals surface area contributed by atoms with Gasteiger partial charge in [-0.3, -0.25) is 49.3 Å². The number of carboxylic acid groups (broad SMARTS) is 3. The molecule has 0 radical (unpaired) electrons. The number of likely N-dealkylation sites (N-methyl/N-ethyl adjacent to an activating group) is 3. The quantitative estimate of drug-likeness (QED) is 0.0389. The molecule has 0 saturated carbocycles. The monoisotopic (exact) mass is 683 g/mol. The fourth-order valence-corrected chi connectivity index (χ4v) is 4.50. The largest absolute Gasteiger partial charge is 0.480 e. The molecule has 0 aromatic carbocycles. The first kappa shape index (κ1) is 46.6. The van der Waals surface area contributed by atoms with Crippen LogP contribution >= 0.6 is 0 Å². The summed E-state index contributed by atoms with van der Waals surface area (Å²) in [6.07, 6.45) is 0. The number of amides is 1. The summed E-state index contributed by atoms with van der Waals surface area (Å²) in [6, 6.07) is 0. The van der Waals surface area contributed by atoms with E-state index in [1.165, 1.54) is 11.9 Å². The van der Waals surface area contributed by atoms with Crippen LogP contribution in [0.15, 0.2) is 0 Å². The molecule has 0 aromatic rings. The first-order valence-corrected chi connectivity index (χ1v) is 16.1. The average molecular weight is 684 g/mol. The highest BCUT2D eigenvalue weighted by Gasteiger charge is 2.18. The van der Waals surface area contributed by atoms with Crippen molar-refractivity contribution < 1.29 is 54.8 Å². The second kappa shape index (κ2) is 30.8. The van der Waals surface area contributed by atoms with Crippen LogP contribution in [-0.4, -0.2) is 217 Å². The van der Waals surface area contributed by atoms with Crippen LogP contribution in [0.3, 0.4) is 0 Å². The lowest BCUT2D eigenvalue weighted by molar-refractivity contribution is -0.251. The summed E-state index contributed by atoms with van der Waals surface area (Å²) < 4.78 is 0. The zero-order valence-corrected chi connectivity index (χ0v) is 29.0. The summed E-state index contributed by atoms with van der Waals surface area (Å²) in [5.41, 5.74) is 0. The number of aliphatic carboxylic acids is 3. The van der Waals surface area contributed by atoms with Crippen molar-refractivity contribution >= 4 is 23.8 Å². The average Bonchev–Trinajstić information content (AvgIpc) is 3.03. The molecule has 1 amide bonds. The van der Waals surface area contributed by atoms with Gasteiger partial charge in [0.25, 0.3) is 0 Å². The van der Waals surface area contributed by atoms with Gasteiger partial charge in [0.1, 0.15) is 0 Å². The van der Waals surface area contributed by atoms with Crippen LogP contribution in [0.5, 0.6) is 0 Å². The molecule has 0 heterocycles. The van der Waals surface area contributed by atoms with Gasteiger partial charge in [-0.25, -0.2) is 9.78 Å². The number of carbonyl (C=O) groups excluding carboxylic acids is 1.